The Morgan fingerprint density at radius 2 is 1.60 bits per heavy atom. The highest BCUT2D eigenvalue weighted by Crippen LogP contribution is 2.35. The van der Waals surface area contributed by atoms with E-state index in [-0.39, 0.29) is 24.2 Å². The van der Waals surface area contributed by atoms with E-state index in [0.29, 0.717) is 24.7 Å². The minimum absolute atomic E-state index is 0.131. The number of hydrogen-bond donors (Lipinski definition) is 1. The number of rotatable bonds is 10. The summed E-state index contributed by atoms with van der Waals surface area (Å²) < 4.78 is 53.0. The van der Waals surface area contributed by atoms with Crippen LogP contribution in [0.3, 0.4) is 0 Å². The van der Waals surface area contributed by atoms with E-state index in [1.54, 1.807) is 12.1 Å². The third-order valence-electron chi connectivity index (χ3n) is 6.56. The number of amides is 2. The Hall–Kier alpha value is -4.12. The Labute approximate surface area is 246 Å². The number of halogens is 1. The Balaban J connectivity index is 1.75. The van der Waals surface area contributed by atoms with Crippen molar-refractivity contribution in [3.8, 4) is 11.5 Å². The highest BCUT2D eigenvalue weighted by atomic mass is 32.2. The van der Waals surface area contributed by atoms with Gasteiger partial charge >= 0.3 is 0 Å². The molecule has 1 N–H and O–H groups in total. The van der Waals surface area contributed by atoms with Crippen LogP contribution in [-0.4, -0.2) is 62.7 Å². The molecular formula is C31H36FN3O6S. The summed E-state index contributed by atoms with van der Waals surface area (Å²) in [5.74, 6) is -0.844. The minimum Gasteiger partial charge on any atom is -0.486 e. The summed E-state index contributed by atoms with van der Waals surface area (Å²) in [5.41, 5.74) is 0.546. The second kappa shape index (κ2) is 12.8. The van der Waals surface area contributed by atoms with Crippen LogP contribution >= 0.6 is 0 Å². The third-order valence-corrected chi connectivity index (χ3v) is 7.70. The third kappa shape index (κ3) is 8.00. The van der Waals surface area contributed by atoms with Crippen molar-refractivity contribution in [3.05, 3.63) is 89.7 Å². The Bertz CT molecular complexity index is 1530. The predicted octanol–water partition coefficient (Wildman–Crippen LogP) is 3.92. The maximum Gasteiger partial charge on any atom is 0.244 e. The highest BCUT2D eigenvalue weighted by molar-refractivity contribution is 7.92. The van der Waals surface area contributed by atoms with Crippen LogP contribution in [0.5, 0.6) is 11.5 Å². The zero-order valence-electron chi connectivity index (χ0n) is 24.2. The minimum atomic E-state index is -3.97. The molecule has 1 heterocycles. The van der Waals surface area contributed by atoms with Crippen molar-refractivity contribution in [2.45, 2.75) is 45.3 Å². The summed E-state index contributed by atoms with van der Waals surface area (Å²) in [6, 6.07) is 18.7. The molecule has 1 atom stereocenters. The van der Waals surface area contributed by atoms with Gasteiger partial charge in [0.1, 0.15) is 31.6 Å². The predicted molar refractivity (Wildman–Crippen MR) is 158 cm³/mol. The molecule has 9 nitrogen and oxygen atoms in total. The zero-order chi connectivity index (χ0) is 30.5. The number of ether oxygens (including phenoxy) is 2. The molecule has 42 heavy (non-hydrogen) atoms. The van der Waals surface area contributed by atoms with Gasteiger partial charge in [-0.1, -0.05) is 48.5 Å². The maximum absolute atomic E-state index is 14.9. The molecule has 0 unspecified atom stereocenters. The van der Waals surface area contributed by atoms with E-state index in [4.69, 9.17) is 9.47 Å². The molecule has 0 saturated carbocycles. The van der Waals surface area contributed by atoms with Gasteiger partial charge in [-0.2, -0.15) is 0 Å². The van der Waals surface area contributed by atoms with Crippen LogP contribution in [-0.2, 0) is 32.6 Å². The van der Waals surface area contributed by atoms with Crippen molar-refractivity contribution in [2.75, 3.05) is 30.3 Å². The van der Waals surface area contributed by atoms with Gasteiger partial charge in [0, 0.05) is 30.1 Å². The fourth-order valence-corrected chi connectivity index (χ4v) is 5.46. The lowest BCUT2D eigenvalue weighted by molar-refractivity contribution is -0.140. The molecule has 0 spiro atoms. The summed E-state index contributed by atoms with van der Waals surface area (Å²) in [4.78, 5) is 29.1. The topological polar surface area (TPSA) is 105 Å². The molecule has 11 heteroatoms. The molecule has 0 saturated heterocycles. The zero-order valence-corrected chi connectivity index (χ0v) is 25.0. The van der Waals surface area contributed by atoms with Crippen LogP contribution < -0.4 is 19.1 Å². The van der Waals surface area contributed by atoms with Gasteiger partial charge in [0.15, 0.2) is 11.5 Å². The Morgan fingerprint density at radius 3 is 2.24 bits per heavy atom. The molecular weight excluding hydrogens is 561 g/mol. The van der Waals surface area contributed by atoms with Gasteiger partial charge in [-0.3, -0.25) is 13.9 Å². The molecule has 224 valence electrons. The van der Waals surface area contributed by atoms with E-state index in [1.165, 1.54) is 35.2 Å². The van der Waals surface area contributed by atoms with Crippen LogP contribution in [0.2, 0.25) is 0 Å². The van der Waals surface area contributed by atoms with Crippen LogP contribution in [0.4, 0.5) is 10.1 Å². The van der Waals surface area contributed by atoms with Crippen molar-refractivity contribution in [3.63, 3.8) is 0 Å². The molecule has 2 amide bonds. The number of carbonyl (C=O) groups excluding carboxylic acids is 2. The lowest BCUT2D eigenvalue weighted by atomic mass is 10.0. The van der Waals surface area contributed by atoms with Crippen molar-refractivity contribution >= 4 is 27.5 Å². The second-order valence-electron chi connectivity index (χ2n) is 11.2. The SMILES string of the molecule is CC(C)(C)NC(=O)[C@H](Cc1ccccc1)N(Cc1ccccc1F)C(=O)CN(c1ccc2c(c1)OCCO2)S(C)(=O)=O. The number of benzene rings is 3. The molecule has 0 aliphatic carbocycles. The fraction of sp³-hybridized carbons (Fsp3) is 0.355. The van der Waals surface area contributed by atoms with E-state index >= 15 is 0 Å². The summed E-state index contributed by atoms with van der Waals surface area (Å²) in [6.07, 6.45) is 1.12. The van der Waals surface area contributed by atoms with Gasteiger partial charge in [-0.05, 0) is 44.5 Å². The average Bonchev–Trinajstić information content (AvgIpc) is 2.93. The second-order valence-corrected chi connectivity index (χ2v) is 13.1. The number of nitrogens with zero attached hydrogens (tertiary/aromatic N) is 2. The molecule has 3 aromatic carbocycles. The van der Waals surface area contributed by atoms with Crippen molar-refractivity contribution in [1.29, 1.82) is 0 Å². The molecule has 1 aliphatic heterocycles. The number of anilines is 1. The van der Waals surface area contributed by atoms with E-state index in [1.807, 2.05) is 51.1 Å². The Kier molecular flexibility index (Phi) is 9.40. The van der Waals surface area contributed by atoms with Gasteiger partial charge in [0.2, 0.25) is 21.8 Å². The first-order valence-corrected chi connectivity index (χ1v) is 15.4. The number of hydrogen-bond acceptors (Lipinski definition) is 6. The van der Waals surface area contributed by atoms with Gasteiger partial charge in [-0.25, -0.2) is 12.8 Å². The smallest absolute Gasteiger partial charge is 0.244 e. The van der Waals surface area contributed by atoms with E-state index in [9.17, 15) is 22.4 Å². The van der Waals surface area contributed by atoms with Gasteiger partial charge in [0.25, 0.3) is 0 Å². The van der Waals surface area contributed by atoms with Gasteiger partial charge < -0.3 is 19.7 Å². The number of carbonyl (C=O) groups is 2. The van der Waals surface area contributed by atoms with E-state index < -0.39 is 45.8 Å². The number of sulfonamides is 1. The molecule has 3 aromatic rings. The largest absolute Gasteiger partial charge is 0.486 e. The van der Waals surface area contributed by atoms with Crippen LogP contribution in [0.25, 0.3) is 0 Å². The summed E-state index contributed by atoms with van der Waals surface area (Å²) in [6.45, 7) is 5.25. The normalized spacial score (nSPS) is 13.6. The highest BCUT2D eigenvalue weighted by Gasteiger charge is 2.35. The van der Waals surface area contributed by atoms with Gasteiger partial charge in [0.05, 0.1) is 11.9 Å². The van der Waals surface area contributed by atoms with Gasteiger partial charge in [-0.15, -0.1) is 0 Å². The van der Waals surface area contributed by atoms with Crippen molar-refractivity contribution in [1.82, 2.24) is 10.2 Å². The quantitative estimate of drug-likeness (QED) is 0.380. The number of fused-ring (bicyclic) bond motifs is 1. The first-order chi connectivity index (χ1) is 19.8. The van der Waals surface area contributed by atoms with Crippen LogP contribution in [0.1, 0.15) is 31.9 Å². The molecule has 0 fully saturated rings. The fourth-order valence-electron chi connectivity index (χ4n) is 4.62. The lowest BCUT2D eigenvalue weighted by Crippen LogP contribution is -2.56. The summed E-state index contributed by atoms with van der Waals surface area (Å²) in [7, 11) is -3.97. The molecule has 0 aromatic heterocycles. The lowest BCUT2D eigenvalue weighted by Gasteiger charge is -2.35. The Morgan fingerprint density at radius 1 is 0.952 bits per heavy atom. The first kappa shape index (κ1) is 30.8. The summed E-state index contributed by atoms with van der Waals surface area (Å²) in [5, 5.41) is 2.94. The number of nitrogens with one attached hydrogen (secondary N) is 1. The molecule has 1 aliphatic rings. The van der Waals surface area contributed by atoms with E-state index in [0.717, 1.165) is 16.1 Å². The molecule has 0 radical (unpaired) electrons. The monoisotopic (exact) mass is 597 g/mol. The standard InChI is InChI=1S/C31H36FN3O6S/c1-31(2,3)33-30(37)26(18-22-10-6-5-7-11-22)34(20-23-12-8-9-13-25(23)32)29(36)21-35(42(4,38)39)24-14-15-27-28(19-24)41-17-16-40-27/h5-15,19,26H,16-18,20-21H2,1-4H3,(H,33,37)/t26-/m0/s1. The first-order valence-electron chi connectivity index (χ1n) is 13.6. The molecule has 0 bridgehead atoms. The van der Waals surface area contributed by atoms with Crippen LogP contribution in [0, 0.1) is 5.82 Å². The van der Waals surface area contributed by atoms with Crippen molar-refractivity contribution in [2.24, 2.45) is 0 Å². The van der Waals surface area contributed by atoms with E-state index in [2.05, 4.69) is 5.32 Å². The molecule has 4 rings (SSSR count). The van der Waals surface area contributed by atoms with Crippen molar-refractivity contribution < 1.29 is 31.9 Å². The maximum atomic E-state index is 14.9. The summed E-state index contributed by atoms with van der Waals surface area (Å²) >= 11 is 0. The average molecular weight is 598 g/mol. The van der Waals surface area contributed by atoms with Crippen LogP contribution in [0.15, 0.2) is 72.8 Å².